The van der Waals surface area contributed by atoms with E-state index in [2.05, 4.69) is 20.2 Å². The van der Waals surface area contributed by atoms with Crippen LogP contribution in [0.1, 0.15) is 36.2 Å². The summed E-state index contributed by atoms with van der Waals surface area (Å²) in [6, 6.07) is 6.49. The number of nitrogens with zero attached hydrogens (tertiary/aromatic N) is 3. The van der Waals surface area contributed by atoms with E-state index < -0.39 is 0 Å². The number of hydrogen-bond acceptors (Lipinski definition) is 4. The normalized spacial score (nSPS) is 15.0. The summed E-state index contributed by atoms with van der Waals surface area (Å²) in [5.74, 6) is 0.292. The van der Waals surface area contributed by atoms with Gasteiger partial charge in [-0.05, 0) is 37.1 Å². The van der Waals surface area contributed by atoms with Gasteiger partial charge in [0.15, 0.2) is 0 Å². The van der Waals surface area contributed by atoms with Crippen LogP contribution in [0.3, 0.4) is 0 Å². The highest BCUT2D eigenvalue weighted by Gasteiger charge is 2.15. The molecule has 126 valence electrons. The third kappa shape index (κ3) is 4.36. The van der Waals surface area contributed by atoms with Crippen molar-refractivity contribution < 1.29 is 4.79 Å². The number of halogens is 2. The molecule has 1 aliphatic rings. The fraction of sp³-hybridized carbons (Fsp3) is 0.353. The van der Waals surface area contributed by atoms with Crippen LogP contribution >= 0.6 is 23.2 Å². The van der Waals surface area contributed by atoms with Crippen LogP contribution in [-0.2, 0) is 0 Å². The molecule has 0 bridgehead atoms. The second-order valence-corrected chi connectivity index (χ2v) is 6.63. The number of aromatic nitrogens is 2. The summed E-state index contributed by atoms with van der Waals surface area (Å²) in [5, 5.41) is 3.69. The minimum absolute atomic E-state index is 0.313. The maximum atomic E-state index is 12.4. The first-order valence-corrected chi connectivity index (χ1v) is 8.73. The lowest BCUT2D eigenvalue weighted by Crippen LogP contribution is -2.27. The lowest BCUT2D eigenvalue weighted by atomic mass is 10.2. The van der Waals surface area contributed by atoms with Crippen LogP contribution in [0.25, 0.3) is 0 Å². The van der Waals surface area contributed by atoms with Crippen molar-refractivity contribution in [3.8, 4) is 0 Å². The summed E-state index contributed by atoms with van der Waals surface area (Å²) < 4.78 is 0. The number of carbonyl (C=O) groups excluding carboxylic acids is 1. The van der Waals surface area contributed by atoms with Crippen LogP contribution in [0.4, 0.5) is 11.6 Å². The Kier molecular flexibility index (Phi) is 5.53. The number of carbonyl (C=O) groups is 1. The summed E-state index contributed by atoms with van der Waals surface area (Å²) in [6.45, 7) is 1.85. The average Bonchev–Trinajstić information content (AvgIpc) is 2.83. The molecule has 7 heteroatoms. The molecular formula is C17H18Cl2N4O. The highest BCUT2D eigenvalue weighted by molar-refractivity contribution is 6.35. The molecule has 0 atom stereocenters. The Labute approximate surface area is 151 Å². The zero-order valence-electron chi connectivity index (χ0n) is 13.1. The fourth-order valence-corrected chi connectivity index (χ4v) is 3.25. The Hall–Kier alpha value is -1.85. The number of amides is 1. The van der Waals surface area contributed by atoms with Gasteiger partial charge in [0, 0.05) is 35.0 Å². The van der Waals surface area contributed by atoms with Gasteiger partial charge in [0.1, 0.15) is 5.69 Å². The van der Waals surface area contributed by atoms with Crippen LogP contribution in [0.2, 0.25) is 10.0 Å². The molecule has 2 heterocycles. The van der Waals surface area contributed by atoms with Gasteiger partial charge in [-0.15, -0.1) is 0 Å². The SMILES string of the molecule is O=C(Nc1cc(Cl)cc(Cl)c1)c1ccnc(N2CCCCCC2)n1. The zero-order valence-corrected chi connectivity index (χ0v) is 14.6. The van der Waals surface area contributed by atoms with E-state index in [1.54, 1.807) is 30.5 Å². The largest absolute Gasteiger partial charge is 0.341 e. The predicted octanol–water partition coefficient (Wildman–Crippen LogP) is 4.42. The number of anilines is 2. The van der Waals surface area contributed by atoms with Crippen molar-refractivity contribution in [2.75, 3.05) is 23.3 Å². The molecule has 1 amide bonds. The Morgan fingerprint density at radius 1 is 1.04 bits per heavy atom. The second-order valence-electron chi connectivity index (χ2n) is 5.76. The van der Waals surface area contributed by atoms with Gasteiger partial charge in [0.25, 0.3) is 5.91 Å². The Morgan fingerprint density at radius 2 is 1.71 bits per heavy atom. The summed E-state index contributed by atoms with van der Waals surface area (Å²) >= 11 is 11.9. The topological polar surface area (TPSA) is 58.1 Å². The predicted molar refractivity (Wildman–Crippen MR) is 97.1 cm³/mol. The lowest BCUT2D eigenvalue weighted by molar-refractivity contribution is 0.102. The van der Waals surface area contributed by atoms with Crippen molar-refractivity contribution in [3.05, 3.63) is 46.2 Å². The zero-order chi connectivity index (χ0) is 16.9. The maximum absolute atomic E-state index is 12.4. The molecular weight excluding hydrogens is 347 g/mol. The van der Waals surface area contributed by atoms with Crippen molar-refractivity contribution in [3.63, 3.8) is 0 Å². The van der Waals surface area contributed by atoms with E-state index in [1.165, 1.54) is 12.8 Å². The quantitative estimate of drug-likeness (QED) is 0.875. The molecule has 24 heavy (non-hydrogen) atoms. The summed E-state index contributed by atoms with van der Waals surface area (Å²) in [4.78, 5) is 23.3. The lowest BCUT2D eigenvalue weighted by Gasteiger charge is -2.20. The molecule has 5 nitrogen and oxygen atoms in total. The van der Waals surface area contributed by atoms with Crippen molar-refractivity contribution in [2.24, 2.45) is 0 Å². The van der Waals surface area contributed by atoms with Gasteiger partial charge in [-0.1, -0.05) is 36.0 Å². The molecule has 0 radical (unpaired) electrons. The first kappa shape index (κ1) is 17.0. The van der Waals surface area contributed by atoms with Crippen molar-refractivity contribution in [1.82, 2.24) is 9.97 Å². The third-order valence-electron chi connectivity index (χ3n) is 3.88. The fourth-order valence-electron chi connectivity index (χ4n) is 2.72. The van der Waals surface area contributed by atoms with E-state index in [9.17, 15) is 4.79 Å². The van der Waals surface area contributed by atoms with Gasteiger partial charge in [-0.3, -0.25) is 4.79 Å². The van der Waals surface area contributed by atoms with E-state index in [0.717, 1.165) is 25.9 Å². The van der Waals surface area contributed by atoms with Gasteiger partial charge in [-0.2, -0.15) is 0 Å². The number of hydrogen-bond donors (Lipinski definition) is 1. The van der Waals surface area contributed by atoms with E-state index in [1.807, 2.05) is 0 Å². The monoisotopic (exact) mass is 364 g/mol. The second kappa shape index (κ2) is 7.81. The van der Waals surface area contributed by atoms with Crippen molar-refractivity contribution >= 4 is 40.7 Å². The van der Waals surface area contributed by atoms with Gasteiger partial charge in [0.2, 0.25) is 5.95 Å². The number of nitrogens with one attached hydrogen (secondary N) is 1. The van der Waals surface area contributed by atoms with Crippen LogP contribution in [0.15, 0.2) is 30.5 Å². The number of rotatable bonds is 3. The summed E-state index contributed by atoms with van der Waals surface area (Å²) in [6.07, 6.45) is 6.33. The Morgan fingerprint density at radius 3 is 2.38 bits per heavy atom. The van der Waals surface area contributed by atoms with E-state index in [4.69, 9.17) is 23.2 Å². The molecule has 0 aliphatic carbocycles. The smallest absolute Gasteiger partial charge is 0.274 e. The van der Waals surface area contributed by atoms with Crippen LogP contribution in [0.5, 0.6) is 0 Å². The van der Waals surface area contributed by atoms with Gasteiger partial charge in [-0.25, -0.2) is 9.97 Å². The highest BCUT2D eigenvalue weighted by atomic mass is 35.5. The van der Waals surface area contributed by atoms with Crippen LogP contribution in [-0.4, -0.2) is 29.0 Å². The minimum Gasteiger partial charge on any atom is -0.341 e. The molecule has 1 aromatic carbocycles. The van der Waals surface area contributed by atoms with Crippen LogP contribution in [0, 0.1) is 0 Å². The Balaban J connectivity index is 1.76. The van der Waals surface area contributed by atoms with E-state index in [-0.39, 0.29) is 5.91 Å². The molecule has 1 N–H and O–H groups in total. The van der Waals surface area contributed by atoms with Crippen molar-refractivity contribution in [2.45, 2.75) is 25.7 Å². The van der Waals surface area contributed by atoms with E-state index in [0.29, 0.717) is 27.4 Å². The first-order valence-electron chi connectivity index (χ1n) is 7.97. The molecule has 0 unspecified atom stereocenters. The van der Waals surface area contributed by atoms with Gasteiger partial charge in [0.05, 0.1) is 0 Å². The Bertz CT molecular complexity index is 710. The molecule has 0 spiro atoms. The standard InChI is InChI=1S/C17H18Cl2N4O/c18-12-9-13(19)11-14(10-12)21-16(24)15-5-6-20-17(22-15)23-7-3-1-2-4-8-23/h5-6,9-11H,1-4,7-8H2,(H,21,24). The van der Waals surface area contributed by atoms with Gasteiger partial charge < -0.3 is 10.2 Å². The number of benzene rings is 1. The summed E-state index contributed by atoms with van der Waals surface area (Å²) in [7, 11) is 0. The molecule has 1 saturated heterocycles. The molecule has 1 aromatic heterocycles. The minimum atomic E-state index is -0.313. The molecule has 2 aromatic rings. The molecule has 1 fully saturated rings. The van der Waals surface area contributed by atoms with Crippen molar-refractivity contribution in [1.29, 1.82) is 0 Å². The van der Waals surface area contributed by atoms with E-state index >= 15 is 0 Å². The molecule has 0 saturated carbocycles. The third-order valence-corrected chi connectivity index (χ3v) is 4.32. The average molecular weight is 365 g/mol. The van der Waals surface area contributed by atoms with Crippen LogP contribution < -0.4 is 10.2 Å². The molecule has 1 aliphatic heterocycles. The highest BCUT2D eigenvalue weighted by Crippen LogP contribution is 2.23. The maximum Gasteiger partial charge on any atom is 0.274 e. The first-order chi connectivity index (χ1) is 11.6. The molecule has 3 rings (SSSR count). The van der Waals surface area contributed by atoms with Gasteiger partial charge >= 0.3 is 0 Å². The summed E-state index contributed by atoms with van der Waals surface area (Å²) in [5.41, 5.74) is 0.854.